The van der Waals surface area contributed by atoms with E-state index in [-0.39, 0.29) is 0 Å². The van der Waals surface area contributed by atoms with E-state index >= 15 is 0 Å². The fourth-order valence-corrected chi connectivity index (χ4v) is 7.51. The van der Waals surface area contributed by atoms with E-state index in [4.69, 9.17) is 4.42 Å². The molecule has 48 heavy (non-hydrogen) atoms. The lowest BCUT2D eigenvalue weighted by Gasteiger charge is -2.28. The summed E-state index contributed by atoms with van der Waals surface area (Å²) in [7, 11) is 0. The van der Waals surface area contributed by atoms with Crippen LogP contribution in [-0.2, 0) is 0 Å². The van der Waals surface area contributed by atoms with Gasteiger partial charge in [-0.15, -0.1) is 0 Å². The van der Waals surface area contributed by atoms with Gasteiger partial charge in [0.1, 0.15) is 11.2 Å². The third-order valence-electron chi connectivity index (χ3n) is 9.77. The summed E-state index contributed by atoms with van der Waals surface area (Å²) in [6.45, 7) is 0. The summed E-state index contributed by atoms with van der Waals surface area (Å²) in [6.07, 6.45) is 0. The molecule has 0 atom stereocenters. The Labute approximate surface area is 277 Å². The summed E-state index contributed by atoms with van der Waals surface area (Å²) < 4.78 is 6.22. The van der Waals surface area contributed by atoms with Gasteiger partial charge in [-0.2, -0.15) is 0 Å². The van der Waals surface area contributed by atoms with Crippen molar-refractivity contribution in [3.05, 3.63) is 176 Å². The van der Waals surface area contributed by atoms with Crippen molar-refractivity contribution < 1.29 is 4.42 Å². The Morgan fingerprint density at radius 2 is 0.958 bits per heavy atom. The number of fused-ring (bicyclic) bond motifs is 9. The molecule has 0 unspecified atom stereocenters. The van der Waals surface area contributed by atoms with Gasteiger partial charge in [-0.05, 0) is 97.4 Å². The first-order valence-corrected chi connectivity index (χ1v) is 16.4. The van der Waals surface area contributed by atoms with Crippen LogP contribution < -0.4 is 4.90 Å². The van der Waals surface area contributed by atoms with Gasteiger partial charge in [-0.3, -0.25) is 0 Å². The fraction of sp³-hybridized carbons (Fsp3) is 0. The number of anilines is 3. The van der Waals surface area contributed by atoms with Crippen LogP contribution in [0.2, 0.25) is 0 Å². The predicted molar refractivity (Wildman–Crippen MR) is 204 cm³/mol. The van der Waals surface area contributed by atoms with E-state index in [9.17, 15) is 0 Å². The molecule has 0 saturated heterocycles. The van der Waals surface area contributed by atoms with Crippen LogP contribution in [0, 0.1) is 0 Å². The maximum absolute atomic E-state index is 6.22. The molecule has 0 aliphatic rings. The average molecular weight is 612 g/mol. The number of para-hydroxylation sites is 1. The van der Waals surface area contributed by atoms with E-state index in [1.165, 1.54) is 54.2 Å². The molecule has 2 heteroatoms. The van der Waals surface area contributed by atoms with Gasteiger partial charge >= 0.3 is 0 Å². The van der Waals surface area contributed by atoms with Crippen LogP contribution in [0.4, 0.5) is 17.1 Å². The van der Waals surface area contributed by atoms with Crippen molar-refractivity contribution in [1.29, 1.82) is 0 Å². The zero-order valence-electron chi connectivity index (χ0n) is 26.1. The zero-order chi connectivity index (χ0) is 31.6. The highest BCUT2D eigenvalue weighted by Crippen LogP contribution is 2.44. The number of hydrogen-bond acceptors (Lipinski definition) is 2. The summed E-state index contributed by atoms with van der Waals surface area (Å²) in [5.41, 5.74) is 7.61. The molecule has 224 valence electrons. The predicted octanol–water partition coefficient (Wildman–Crippen LogP) is 13.3. The second-order valence-corrected chi connectivity index (χ2v) is 12.6. The van der Waals surface area contributed by atoms with E-state index in [2.05, 4.69) is 169 Å². The quantitative estimate of drug-likeness (QED) is 0.184. The molecule has 1 heterocycles. The standard InChI is InChI=1S/C46H29NO/c1-2-11-30(12-3-1)31-14-10-15-35(25-31)47(44-27-32-13-4-5-16-37(32)39-17-6-7-18-40(39)44)36-23-24-38-33(26-36)21-22-34-28-46-43(29-42(34)38)41-19-8-9-20-45(41)48-46/h1-29H. The third-order valence-corrected chi connectivity index (χ3v) is 9.77. The van der Waals surface area contributed by atoms with Gasteiger partial charge in [0.05, 0.1) is 5.69 Å². The zero-order valence-corrected chi connectivity index (χ0v) is 26.1. The Kier molecular flexibility index (Phi) is 5.91. The molecule has 10 rings (SSSR count). The minimum absolute atomic E-state index is 0.922. The Hall–Kier alpha value is -6.38. The van der Waals surface area contributed by atoms with Crippen molar-refractivity contribution in [3.63, 3.8) is 0 Å². The Balaban J connectivity index is 1.23. The monoisotopic (exact) mass is 611 g/mol. The van der Waals surface area contributed by atoms with E-state index in [0.717, 1.165) is 39.0 Å². The molecule has 1 aromatic heterocycles. The highest BCUT2D eigenvalue weighted by Gasteiger charge is 2.19. The van der Waals surface area contributed by atoms with Crippen molar-refractivity contribution in [1.82, 2.24) is 0 Å². The molecular weight excluding hydrogens is 583 g/mol. The van der Waals surface area contributed by atoms with Crippen molar-refractivity contribution in [3.8, 4) is 11.1 Å². The van der Waals surface area contributed by atoms with Crippen LogP contribution >= 0.6 is 0 Å². The van der Waals surface area contributed by atoms with Crippen molar-refractivity contribution in [2.75, 3.05) is 4.90 Å². The van der Waals surface area contributed by atoms with Gasteiger partial charge in [-0.1, -0.05) is 127 Å². The molecule has 0 N–H and O–H groups in total. The molecule has 9 aromatic carbocycles. The molecule has 0 aliphatic carbocycles. The van der Waals surface area contributed by atoms with Crippen LogP contribution in [0.25, 0.3) is 76.2 Å². The minimum atomic E-state index is 0.922. The second kappa shape index (κ2) is 10.6. The highest BCUT2D eigenvalue weighted by molar-refractivity contribution is 6.18. The summed E-state index contributed by atoms with van der Waals surface area (Å²) in [5, 5.41) is 12.1. The normalized spacial score (nSPS) is 11.8. The maximum Gasteiger partial charge on any atom is 0.136 e. The fourth-order valence-electron chi connectivity index (χ4n) is 7.51. The lowest BCUT2D eigenvalue weighted by Crippen LogP contribution is -2.11. The molecule has 0 radical (unpaired) electrons. The van der Waals surface area contributed by atoms with Gasteiger partial charge in [0, 0.05) is 27.5 Å². The maximum atomic E-state index is 6.22. The SMILES string of the molecule is c1ccc(-c2cccc(N(c3ccc4c(ccc5cc6oc7ccccc7c6cc54)c3)c3cc4ccccc4c4ccccc34)c2)cc1. The molecule has 10 aromatic rings. The van der Waals surface area contributed by atoms with Crippen LogP contribution in [0.5, 0.6) is 0 Å². The highest BCUT2D eigenvalue weighted by atomic mass is 16.3. The third kappa shape index (κ3) is 4.20. The Bertz CT molecular complexity index is 2850. The van der Waals surface area contributed by atoms with E-state index in [1.54, 1.807) is 0 Å². The molecule has 2 nitrogen and oxygen atoms in total. The molecule has 0 aliphatic heterocycles. The summed E-state index contributed by atoms with van der Waals surface area (Å²) >= 11 is 0. The van der Waals surface area contributed by atoms with Crippen molar-refractivity contribution in [2.24, 2.45) is 0 Å². The first kappa shape index (κ1) is 26.8. The van der Waals surface area contributed by atoms with E-state index in [1.807, 2.05) is 12.1 Å². The van der Waals surface area contributed by atoms with Gasteiger partial charge in [0.2, 0.25) is 0 Å². The van der Waals surface area contributed by atoms with Crippen molar-refractivity contribution in [2.45, 2.75) is 0 Å². The van der Waals surface area contributed by atoms with Crippen molar-refractivity contribution >= 4 is 82.1 Å². The van der Waals surface area contributed by atoms with Gasteiger partial charge < -0.3 is 9.32 Å². The van der Waals surface area contributed by atoms with E-state index < -0.39 is 0 Å². The number of rotatable bonds is 4. The summed E-state index contributed by atoms with van der Waals surface area (Å²) in [4.78, 5) is 2.43. The Morgan fingerprint density at radius 1 is 0.312 bits per heavy atom. The molecule has 0 fully saturated rings. The van der Waals surface area contributed by atoms with Crippen LogP contribution in [0.1, 0.15) is 0 Å². The minimum Gasteiger partial charge on any atom is -0.456 e. The van der Waals surface area contributed by atoms with Gasteiger partial charge in [-0.25, -0.2) is 0 Å². The first-order valence-electron chi connectivity index (χ1n) is 16.4. The van der Waals surface area contributed by atoms with Crippen LogP contribution in [-0.4, -0.2) is 0 Å². The molecule has 0 spiro atoms. The van der Waals surface area contributed by atoms with Crippen LogP contribution in [0.3, 0.4) is 0 Å². The Morgan fingerprint density at radius 3 is 1.83 bits per heavy atom. The van der Waals surface area contributed by atoms with Crippen LogP contribution in [0.15, 0.2) is 180 Å². The number of furan rings is 1. The van der Waals surface area contributed by atoms with Gasteiger partial charge in [0.25, 0.3) is 0 Å². The lowest BCUT2D eigenvalue weighted by molar-refractivity contribution is 0.669. The largest absolute Gasteiger partial charge is 0.456 e. The molecule has 0 bridgehead atoms. The first-order chi connectivity index (χ1) is 23.8. The molecule has 0 amide bonds. The molecule has 0 saturated carbocycles. The summed E-state index contributed by atoms with van der Waals surface area (Å²) in [5.74, 6) is 0. The number of benzene rings is 9. The second-order valence-electron chi connectivity index (χ2n) is 12.6. The van der Waals surface area contributed by atoms with Gasteiger partial charge in [0.15, 0.2) is 0 Å². The summed E-state index contributed by atoms with van der Waals surface area (Å²) in [6, 6.07) is 63.5. The topological polar surface area (TPSA) is 16.4 Å². The van der Waals surface area contributed by atoms with E-state index in [0.29, 0.717) is 0 Å². The number of hydrogen-bond donors (Lipinski definition) is 0. The smallest absolute Gasteiger partial charge is 0.136 e. The average Bonchev–Trinajstić information content (AvgIpc) is 3.52. The molecular formula is C46H29NO. The number of nitrogens with zero attached hydrogens (tertiary/aromatic N) is 1. The lowest BCUT2D eigenvalue weighted by atomic mass is 9.97.